The normalized spacial score (nSPS) is 17.3. The summed E-state index contributed by atoms with van der Waals surface area (Å²) in [5, 5.41) is 21.4. The summed E-state index contributed by atoms with van der Waals surface area (Å²) in [5.41, 5.74) is 0.941. The lowest BCUT2D eigenvalue weighted by atomic mass is 9.95. The van der Waals surface area contributed by atoms with Crippen LogP contribution in [0.4, 0.5) is 0 Å². The van der Waals surface area contributed by atoms with Crippen molar-refractivity contribution in [1.82, 2.24) is 9.80 Å². The van der Waals surface area contributed by atoms with Crippen LogP contribution in [0.15, 0.2) is 48.0 Å². The summed E-state index contributed by atoms with van der Waals surface area (Å²) in [7, 11) is 1.51. The van der Waals surface area contributed by atoms with E-state index in [1.165, 1.54) is 18.1 Å². The molecule has 0 aromatic heterocycles. The number of carbonyl (C=O) groups is 2. The largest absolute Gasteiger partial charge is 0.507 e. The first kappa shape index (κ1) is 26.1. The molecule has 1 saturated heterocycles. The van der Waals surface area contributed by atoms with Gasteiger partial charge in [0.1, 0.15) is 11.5 Å². The highest BCUT2D eigenvalue weighted by atomic mass is 16.5. The number of ether oxygens (including phenoxy) is 2. The Kier molecular flexibility index (Phi) is 8.76. The molecule has 2 aromatic rings. The first-order valence-electron chi connectivity index (χ1n) is 12.0. The van der Waals surface area contributed by atoms with E-state index in [-0.39, 0.29) is 22.8 Å². The molecule has 0 saturated carbocycles. The molecular weight excluding hydrogens is 448 g/mol. The van der Waals surface area contributed by atoms with Gasteiger partial charge in [-0.3, -0.25) is 9.59 Å². The second-order valence-electron chi connectivity index (χ2n) is 8.27. The highest BCUT2D eigenvalue weighted by Gasteiger charge is 2.46. The zero-order valence-corrected chi connectivity index (χ0v) is 20.8. The molecule has 0 radical (unpaired) electrons. The van der Waals surface area contributed by atoms with Gasteiger partial charge in [0, 0.05) is 12.1 Å². The summed E-state index contributed by atoms with van der Waals surface area (Å²) in [6, 6.07) is 10.6. The van der Waals surface area contributed by atoms with Crippen LogP contribution in [-0.4, -0.2) is 71.6 Å². The van der Waals surface area contributed by atoms with Gasteiger partial charge in [0.25, 0.3) is 11.7 Å². The molecule has 1 unspecified atom stereocenters. The van der Waals surface area contributed by atoms with Crippen LogP contribution in [0, 0.1) is 0 Å². The summed E-state index contributed by atoms with van der Waals surface area (Å²) in [4.78, 5) is 30.1. The summed E-state index contributed by atoms with van der Waals surface area (Å²) in [6.45, 7) is 9.20. The Bertz CT molecular complexity index is 1090. The number of aliphatic hydroxyl groups excluding tert-OH is 1. The maximum Gasteiger partial charge on any atom is 0.295 e. The molecule has 0 bridgehead atoms. The molecule has 1 aliphatic heterocycles. The molecule has 8 nitrogen and oxygen atoms in total. The highest BCUT2D eigenvalue weighted by Crippen LogP contribution is 2.42. The third-order valence-corrected chi connectivity index (χ3v) is 6.25. The van der Waals surface area contributed by atoms with Crippen molar-refractivity contribution in [2.75, 3.05) is 39.9 Å². The number of aliphatic hydroxyl groups is 1. The summed E-state index contributed by atoms with van der Waals surface area (Å²) >= 11 is 0. The Morgan fingerprint density at radius 3 is 2.49 bits per heavy atom. The van der Waals surface area contributed by atoms with E-state index in [1.54, 1.807) is 43.3 Å². The molecule has 1 aliphatic rings. The fourth-order valence-corrected chi connectivity index (χ4v) is 4.36. The Morgan fingerprint density at radius 2 is 1.83 bits per heavy atom. The summed E-state index contributed by atoms with van der Waals surface area (Å²) < 4.78 is 10.8. The SMILES string of the molecule is CCOc1cc(C2C(=C(O)c3cccc(OC)c3)C(=O)C(=O)N2CCCN(CC)CC)ccc1O. The van der Waals surface area contributed by atoms with E-state index in [4.69, 9.17) is 9.47 Å². The van der Waals surface area contributed by atoms with E-state index in [2.05, 4.69) is 18.7 Å². The smallest absolute Gasteiger partial charge is 0.295 e. The topological polar surface area (TPSA) is 99.5 Å². The van der Waals surface area contributed by atoms with Crippen LogP contribution in [0.3, 0.4) is 0 Å². The lowest BCUT2D eigenvalue weighted by Gasteiger charge is -2.27. The predicted octanol–water partition coefficient (Wildman–Crippen LogP) is 3.95. The van der Waals surface area contributed by atoms with E-state index >= 15 is 0 Å². The monoisotopic (exact) mass is 482 g/mol. The molecule has 1 fully saturated rings. The fourth-order valence-electron chi connectivity index (χ4n) is 4.36. The Balaban J connectivity index is 2.09. The van der Waals surface area contributed by atoms with Gasteiger partial charge < -0.3 is 29.5 Å². The van der Waals surface area contributed by atoms with Crippen LogP contribution in [0.5, 0.6) is 17.2 Å². The van der Waals surface area contributed by atoms with E-state index in [1.807, 2.05) is 0 Å². The minimum Gasteiger partial charge on any atom is -0.507 e. The van der Waals surface area contributed by atoms with Crippen LogP contribution >= 0.6 is 0 Å². The van der Waals surface area contributed by atoms with Crippen molar-refractivity contribution < 1.29 is 29.3 Å². The van der Waals surface area contributed by atoms with Crippen LogP contribution < -0.4 is 9.47 Å². The number of rotatable bonds is 11. The standard InChI is InChI=1S/C27H34N2O6/c1-5-28(6-2)14-9-15-29-24(18-12-13-21(30)22(17-18)35-7-3)23(26(32)27(29)33)25(31)19-10-8-11-20(16-19)34-4/h8,10-13,16-17,24,30-31H,5-7,9,14-15H2,1-4H3. The molecule has 1 heterocycles. The number of amides is 1. The number of aromatic hydroxyl groups is 1. The molecule has 2 aromatic carbocycles. The van der Waals surface area contributed by atoms with Crippen molar-refractivity contribution >= 4 is 17.4 Å². The lowest BCUT2D eigenvalue weighted by Crippen LogP contribution is -2.33. The molecule has 1 amide bonds. The zero-order chi connectivity index (χ0) is 25.5. The van der Waals surface area contributed by atoms with E-state index in [0.29, 0.717) is 36.4 Å². The van der Waals surface area contributed by atoms with Crippen molar-refractivity contribution in [2.45, 2.75) is 33.2 Å². The van der Waals surface area contributed by atoms with Crippen LogP contribution in [0.1, 0.15) is 44.4 Å². The first-order chi connectivity index (χ1) is 16.9. The van der Waals surface area contributed by atoms with Crippen molar-refractivity contribution in [3.8, 4) is 17.2 Å². The Morgan fingerprint density at radius 1 is 1.09 bits per heavy atom. The Hall–Kier alpha value is -3.52. The first-order valence-corrected chi connectivity index (χ1v) is 12.0. The van der Waals surface area contributed by atoms with Gasteiger partial charge in [0.05, 0.1) is 25.3 Å². The summed E-state index contributed by atoms with van der Waals surface area (Å²) in [6.07, 6.45) is 0.667. The third-order valence-electron chi connectivity index (χ3n) is 6.25. The van der Waals surface area contributed by atoms with Gasteiger partial charge in [-0.1, -0.05) is 32.0 Å². The van der Waals surface area contributed by atoms with Crippen molar-refractivity contribution in [3.05, 3.63) is 59.2 Å². The molecule has 2 N–H and O–H groups in total. The molecule has 3 rings (SSSR count). The molecule has 188 valence electrons. The third kappa shape index (κ3) is 5.59. The van der Waals surface area contributed by atoms with E-state index < -0.39 is 17.7 Å². The number of likely N-dealkylation sites (tertiary alicyclic amines) is 1. The van der Waals surface area contributed by atoms with Crippen LogP contribution in [0.25, 0.3) is 5.76 Å². The Labute approximate surface area is 206 Å². The quantitative estimate of drug-likeness (QED) is 0.284. The molecule has 8 heteroatoms. The predicted molar refractivity (Wildman–Crippen MR) is 134 cm³/mol. The second-order valence-corrected chi connectivity index (χ2v) is 8.27. The molecule has 0 spiro atoms. The van der Waals surface area contributed by atoms with Gasteiger partial charge >= 0.3 is 0 Å². The minimum absolute atomic E-state index is 0.000713. The number of Topliss-reactive ketones (excluding diaryl/α,β-unsaturated/α-hetero) is 1. The maximum atomic E-state index is 13.2. The number of ketones is 1. The van der Waals surface area contributed by atoms with E-state index in [9.17, 15) is 19.8 Å². The number of benzene rings is 2. The molecule has 0 aliphatic carbocycles. The number of nitrogens with zero attached hydrogens (tertiary/aromatic N) is 2. The number of methoxy groups -OCH3 is 1. The van der Waals surface area contributed by atoms with Gasteiger partial charge in [-0.15, -0.1) is 0 Å². The van der Waals surface area contributed by atoms with Gasteiger partial charge in [-0.25, -0.2) is 0 Å². The summed E-state index contributed by atoms with van der Waals surface area (Å²) in [5.74, 6) is -0.956. The second kappa shape index (κ2) is 11.8. The van der Waals surface area contributed by atoms with Crippen molar-refractivity contribution in [3.63, 3.8) is 0 Å². The molecule has 35 heavy (non-hydrogen) atoms. The van der Waals surface area contributed by atoms with Gasteiger partial charge in [0.15, 0.2) is 11.5 Å². The average molecular weight is 483 g/mol. The van der Waals surface area contributed by atoms with Crippen molar-refractivity contribution in [2.24, 2.45) is 0 Å². The fraction of sp³-hybridized carbons (Fsp3) is 0.407. The van der Waals surface area contributed by atoms with Crippen molar-refractivity contribution in [1.29, 1.82) is 0 Å². The van der Waals surface area contributed by atoms with Gasteiger partial charge in [0.2, 0.25) is 0 Å². The highest BCUT2D eigenvalue weighted by molar-refractivity contribution is 6.46. The lowest BCUT2D eigenvalue weighted by molar-refractivity contribution is -0.140. The van der Waals surface area contributed by atoms with Crippen LogP contribution in [-0.2, 0) is 9.59 Å². The number of carbonyl (C=O) groups excluding carboxylic acids is 2. The number of hydrogen-bond donors (Lipinski definition) is 2. The van der Waals surface area contributed by atoms with Gasteiger partial charge in [-0.2, -0.15) is 0 Å². The van der Waals surface area contributed by atoms with Crippen LogP contribution in [0.2, 0.25) is 0 Å². The number of phenolic OH excluding ortho intramolecular Hbond substituents is 1. The number of phenols is 1. The number of hydrogen-bond acceptors (Lipinski definition) is 7. The average Bonchev–Trinajstić information content (AvgIpc) is 3.12. The molecular formula is C27H34N2O6. The zero-order valence-electron chi connectivity index (χ0n) is 20.8. The van der Waals surface area contributed by atoms with Gasteiger partial charge in [-0.05, 0) is 62.8 Å². The molecule has 1 atom stereocenters. The maximum absolute atomic E-state index is 13.2. The minimum atomic E-state index is -0.822. The van der Waals surface area contributed by atoms with E-state index in [0.717, 1.165) is 19.6 Å².